The molecular formula is C24H23N5O3. The molecule has 1 aromatic heterocycles. The van der Waals surface area contributed by atoms with Crippen LogP contribution in [-0.2, 0) is 0 Å². The number of likely N-dealkylation sites (tertiary alicyclic amines) is 1. The number of ether oxygens (including phenoxy) is 1. The van der Waals surface area contributed by atoms with E-state index in [0.717, 1.165) is 23.1 Å². The first-order valence-corrected chi connectivity index (χ1v) is 10.3. The molecule has 2 aromatic carbocycles. The molecule has 1 saturated heterocycles. The second kappa shape index (κ2) is 8.94. The summed E-state index contributed by atoms with van der Waals surface area (Å²) >= 11 is 0. The van der Waals surface area contributed by atoms with Crippen molar-refractivity contribution < 1.29 is 14.6 Å². The number of hydrogen-bond donors (Lipinski definition) is 2. The third kappa shape index (κ3) is 4.47. The lowest BCUT2D eigenvalue weighted by Crippen LogP contribution is -2.27. The minimum Gasteiger partial charge on any atom is -0.475 e. The summed E-state index contributed by atoms with van der Waals surface area (Å²) in [7, 11) is 0. The Morgan fingerprint density at radius 1 is 1.16 bits per heavy atom. The zero-order chi connectivity index (χ0) is 22.7. The highest BCUT2D eigenvalue weighted by atomic mass is 16.5. The summed E-state index contributed by atoms with van der Waals surface area (Å²) in [4.78, 5) is 21.8. The number of nitriles is 1. The summed E-state index contributed by atoms with van der Waals surface area (Å²) in [5.41, 5.74) is 10.7. The number of rotatable bonds is 5. The number of hydrogen-bond acceptors (Lipinski definition) is 6. The summed E-state index contributed by atoms with van der Waals surface area (Å²) in [5, 5.41) is 18.2. The smallest absolute Gasteiger partial charge is 0.407 e. The summed E-state index contributed by atoms with van der Waals surface area (Å²) in [6, 6.07) is 17.1. The number of benzene rings is 2. The number of aryl methyl sites for hydroxylation is 1. The van der Waals surface area contributed by atoms with Crippen LogP contribution in [0.25, 0.3) is 22.5 Å². The third-order valence-electron chi connectivity index (χ3n) is 5.51. The minimum absolute atomic E-state index is 0.0717. The van der Waals surface area contributed by atoms with Crippen LogP contribution in [0.3, 0.4) is 0 Å². The molecule has 3 N–H and O–H groups in total. The summed E-state index contributed by atoms with van der Waals surface area (Å²) in [6.45, 7) is 3.23. The van der Waals surface area contributed by atoms with Gasteiger partial charge in [-0.3, -0.25) is 0 Å². The number of aromatic nitrogens is 2. The van der Waals surface area contributed by atoms with Crippen molar-refractivity contribution in [3.8, 4) is 34.5 Å². The fraction of sp³-hybridized carbons (Fsp3) is 0.250. The fourth-order valence-electron chi connectivity index (χ4n) is 3.70. The molecule has 1 aliphatic heterocycles. The molecule has 1 fully saturated rings. The second-order valence-electron chi connectivity index (χ2n) is 7.86. The Morgan fingerprint density at radius 3 is 2.38 bits per heavy atom. The summed E-state index contributed by atoms with van der Waals surface area (Å²) in [5.74, 6) is 0.461. The van der Waals surface area contributed by atoms with Gasteiger partial charge in [0.1, 0.15) is 5.69 Å². The highest BCUT2D eigenvalue weighted by molar-refractivity contribution is 5.80. The Bertz CT molecular complexity index is 1170. The zero-order valence-electron chi connectivity index (χ0n) is 17.7. The molecule has 0 saturated carbocycles. The number of amides is 1. The number of nitrogen functional groups attached to an aromatic ring is 1. The molecule has 3 aromatic rings. The van der Waals surface area contributed by atoms with Gasteiger partial charge in [0.2, 0.25) is 0 Å². The van der Waals surface area contributed by atoms with E-state index >= 15 is 0 Å². The Morgan fingerprint density at radius 2 is 1.78 bits per heavy atom. The molecule has 0 unspecified atom stereocenters. The fourth-order valence-corrected chi connectivity index (χ4v) is 3.70. The third-order valence-corrected chi connectivity index (χ3v) is 5.51. The van der Waals surface area contributed by atoms with Crippen molar-refractivity contribution in [1.29, 1.82) is 5.26 Å². The molecule has 162 valence electrons. The van der Waals surface area contributed by atoms with Crippen LogP contribution in [0.15, 0.2) is 48.5 Å². The quantitative estimate of drug-likeness (QED) is 0.629. The molecule has 1 amide bonds. The molecule has 8 nitrogen and oxygen atoms in total. The van der Waals surface area contributed by atoms with Crippen LogP contribution in [0.1, 0.15) is 17.5 Å². The van der Waals surface area contributed by atoms with Gasteiger partial charge in [0, 0.05) is 30.1 Å². The van der Waals surface area contributed by atoms with E-state index in [9.17, 15) is 4.79 Å². The van der Waals surface area contributed by atoms with E-state index in [0.29, 0.717) is 36.6 Å². The van der Waals surface area contributed by atoms with Crippen molar-refractivity contribution in [2.24, 2.45) is 5.92 Å². The van der Waals surface area contributed by atoms with Crippen molar-refractivity contribution in [3.63, 3.8) is 0 Å². The molecule has 0 aliphatic carbocycles. The van der Waals surface area contributed by atoms with Gasteiger partial charge < -0.3 is 20.5 Å². The maximum atomic E-state index is 11.1. The number of carboxylic acid groups (broad SMARTS) is 1. The zero-order valence-corrected chi connectivity index (χ0v) is 17.7. The Hall–Kier alpha value is -4.12. The van der Waals surface area contributed by atoms with Crippen molar-refractivity contribution in [2.75, 3.05) is 25.4 Å². The molecule has 8 heteroatoms. The van der Waals surface area contributed by atoms with Gasteiger partial charge >= 0.3 is 6.09 Å². The van der Waals surface area contributed by atoms with E-state index in [-0.39, 0.29) is 17.6 Å². The van der Waals surface area contributed by atoms with Crippen LogP contribution in [-0.4, -0.2) is 45.8 Å². The van der Waals surface area contributed by atoms with Gasteiger partial charge in [-0.25, -0.2) is 14.8 Å². The van der Waals surface area contributed by atoms with Gasteiger partial charge in [0.25, 0.3) is 5.88 Å². The van der Waals surface area contributed by atoms with Gasteiger partial charge in [-0.2, -0.15) is 5.26 Å². The van der Waals surface area contributed by atoms with Crippen LogP contribution in [0.2, 0.25) is 0 Å². The van der Waals surface area contributed by atoms with Crippen LogP contribution < -0.4 is 10.5 Å². The summed E-state index contributed by atoms with van der Waals surface area (Å²) < 4.78 is 5.90. The van der Waals surface area contributed by atoms with E-state index in [4.69, 9.17) is 20.8 Å². The number of nitrogens with zero attached hydrogens (tertiary/aromatic N) is 4. The van der Waals surface area contributed by atoms with E-state index in [1.807, 2.05) is 43.3 Å². The van der Waals surface area contributed by atoms with Gasteiger partial charge in [0.05, 0.1) is 23.9 Å². The molecule has 4 rings (SSSR count). The first-order valence-electron chi connectivity index (χ1n) is 10.3. The maximum Gasteiger partial charge on any atom is 0.407 e. The van der Waals surface area contributed by atoms with Crippen molar-refractivity contribution in [1.82, 2.24) is 14.9 Å². The Labute approximate surface area is 185 Å². The highest BCUT2D eigenvalue weighted by Crippen LogP contribution is 2.33. The lowest BCUT2D eigenvalue weighted by Gasteiger charge is -2.16. The molecule has 32 heavy (non-hydrogen) atoms. The van der Waals surface area contributed by atoms with Crippen molar-refractivity contribution >= 4 is 11.9 Å². The highest BCUT2D eigenvalue weighted by Gasteiger charge is 2.27. The first-order chi connectivity index (χ1) is 15.4. The summed E-state index contributed by atoms with van der Waals surface area (Å²) in [6.07, 6.45) is -0.193. The predicted octanol–water partition coefficient (Wildman–Crippen LogP) is 3.95. The number of anilines is 1. The van der Waals surface area contributed by atoms with E-state index in [2.05, 4.69) is 16.0 Å². The SMILES string of the molecule is Cc1ccc(-c2nc(N)c(OC[C@@H]3CCN(C(=O)O)C3)nc2-c2ccc(C#N)cc2)cc1. The van der Waals surface area contributed by atoms with Crippen molar-refractivity contribution in [2.45, 2.75) is 13.3 Å². The monoisotopic (exact) mass is 429 g/mol. The molecular weight excluding hydrogens is 406 g/mol. The number of carbonyl (C=O) groups is 1. The van der Waals surface area contributed by atoms with Crippen LogP contribution >= 0.6 is 0 Å². The van der Waals surface area contributed by atoms with Crippen LogP contribution in [0.4, 0.5) is 10.6 Å². The Balaban J connectivity index is 1.67. The van der Waals surface area contributed by atoms with Crippen molar-refractivity contribution in [3.05, 3.63) is 59.7 Å². The second-order valence-corrected chi connectivity index (χ2v) is 7.86. The molecule has 2 heterocycles. The van der Waals surface area contributed by atoms with Gasteiger partial charge in [-0.1, -0.05) is 42.0 Å². The normalized spacial score (nSPS) is 15.4. The largest absolute Gasteiger partial charge is 0.475 e. The standard InChI is InChI=1S/C24H23N5O3/c1-15-2-6-18(7-3-15)20-21(19-8-4-16(12-25)5-9-19)28-23(22(26)27-20)32-14-17-10-11-29(13-17)24(30)31/h2-9,17H,10-11,13-14H2,1H3,(H2,26,27)(H,30,31)/t17-/m1/s1. The molecule has 0 spiro atoms. The van der Waals surface area contributed by atoms with E-state index in [1.165, 1.54) is 4.90 Å². The lowest BCUT2D eigenvalue weighted by molar-refractivity contribution is 0.151. The van der Waals surface area contributed by atoms with Gasteiger partial charge in [-0.05, 0) is 25.5 Å². The topological polar surface area (TPSA) is 125 Å². The van der Waals surface area contributed by atoms with Crippen LogP contribution in [0, 0.1) is 24.2 Å². The van der Waals surface area contributed by atoms with Crippen LogP contribution in [0.5, 0.6) is 5.88 Å². The maximum absolute atomic E-state index is 11.1. The molecule has 1 atom stereocenters. The average Bonchev–Trinajstić information content (AvgIpc) is 3.28. The molecule has 0 radical (unpaired) electrons. The predicted molar refractivity (Wildman–Crippen MR) is 120 cm³/mol. The Kier molecular flexibility index (Phi) is 5.90. The van der Waals surface area contributed by atoms with Gasteiger partial charge in [0.15, 0.2) is 5.82 Å². The lowest BCUT2D eigenvalue weighted by atomic mass is 10.0. The van der Waals surface area contributed by atoms with E-state index in [1.54, 1.807) is 12.1 Å². The first kappa shape index (κ1) is 21.1. The van der Waals surface area contributed by atoms with Gasteiger partial charge in [-0.15, -0.1) is 0 Å². The average molecular weight is 429 g/mol. The minimum atomic E-state index is -0.919. The molecule has 1 aliphatic rings. The number of nitrogens with two attached hydrogens (primary N) is 1. The van der Waals surface area contributed by atoms with E-state index < -0.39 is 6.09 Å². The molecule has 0 bridgehead atoms.